The highest BCUT2D eigenvalue weighted by Crippen LogP contribution is 2.44. The molecule has 1 aliphatic carbocycles. The number of carbonyl (C=O) groups is 1. The Labute approximate surface area is 115 Å². The van der Waals surface area contributed by atoms with Gasteiger partial charge >= 0.3 is 5.97 Å². The lowest BCUT2D eigenvalue weighted by Crippen LogP contribution is -2.37. The lowest BCUT2D eigenvalue weighted by Gasteiger charge is -2.40. The predicted octanol–water partition coefficient (Wildman–Crippen LogP) is 3.02. The number of hydrogen-bond donors (Lipinski definition) is 1. The van der Waals surface area contributed by atoms with Gasteiger partial charge in [0.1, 0.15) is 0 Å². The van der Waals surface area contributed by atoms with Gasteiger partial charge in [0.25, 0.3) is 0 Å². The van der Waals surface area contributed by atoms with Crippen LogP contribution in [0.25, 0.3) is 11.0 Å². The molecule has 100 valence electrons. The lowest BCUT2D eigenvalue weighted by atomic mass is 9.84. The summed E-state index contributed by atoms with van der Waals surface area (Å²) in [5.41, 5.74) is 1.84. The zero-order chi connectivity index (χ0) is 13.5. The van der Waals surface area contributed by atoms with Crippen LogP contribution in [0.2, 0.25) is 0 Å². The first kappa shape index (κ1) is 12.5. The molecule has 5 heteroatoms. The number of rotatable bonds is 4. The summed E-state index contributed by atoms with van der Waals surface area (Å²) in [4.78, 5) is 15.7. The quantitative estimate of drug-likeness (QED) is 0.932. The van der Waals surface area contributed by atoms with Crippen LogP contribution in [0, 0.1) is 0 Å². The van der Waals surface area contributed by atoms with E-state index < -0.39 is 5.97 Å². The van der Waals surface area contributed by atoms with Crippen molar-refractivity contribution in [2.75, 3.05) is 6.26 Å². The number of imidazole rings is 1. The Morgan fingerprint density at radius 2 is 2.32 bits per heavy atom. The van der Waals surface area contributed by atoms with Crippen LogP contribution < -0.4 is 0 Å². The minimum absolute atomic E-state index is 0.263. The SMILES string of the molecule is CSC1(Cn2cnc3cccc(C(=O)O)c32)CCC1. The smallest absolute Gasteiger partial charge is 0.337 e. The van der Waals surface area contributed by atoms with E-state index in [9.17, 15) is 9.90 Å². The Balaban J connectivity index is 2.06. The molecule has 0 saturated heterocycles. The molecule has 1 aromatic carbocycles. The number of para-hydroxylation sites is 1. The molecule has 1 heterocycles. The Kier molecular flexibility index (Phi) is 3.01. The van der Waals surface area contributed by atoms with Crippen LogP contribution in [0.1, 0.15) is 29.6 Å². The molecule has 1 saturated carbocycles. The molecule has 0 bridgehead atoms. The van der Waals surface area contributed by atoms with Crippen LogP contribution in [0.5, 0.6) is 0 Å². The maximum Gasteiger partial charge on any atom is 0.337 e. The van der Waals surface area contributed by atoms with E-state index in [1.165, 1.54) is 19.3 Å². The summed E-state index contributed by atoms with van der Waals surface area (Å²) in [6.07, 6.45) is 7.56. The summed E-state index contributed by atoms with van der Waals surface area (Å²) in [7, 11) is 0. The molecular weight excluding hydrogens is 260 g/mol. The van der Waals surface area contributed by atoms with Crippen molar-refractivity contribution in [2.24, 2.45) is 0 Å². The van der Waals surface area contributed by atoms with Gasteiger partial charge in [-0.2, -0.15) is 11.8 Å². The third kappa shape index (κ3) is 2.02. The highest BCUT2D eigenvalue weighted by molar-refractivity contribution is 8.00. The van der Waals surface area contributed by atoms with Gasteiger partial charge in [0.15, 0.2) is 0 Å². The molecule has 19 heavy (non-hydrogen) atoms. The van der Waals surface area contributed by atoms with E-state index in [0.29, 0.717) is 5.56 Å². The average Bonchev–Trinajstić information content (AvgIpc) is 2.76. The third-order valence-corrected chi connectivity index (χ3v) is 5.43. The van der Waals surface area contributed by atoms with Gasteiger partial charge in [0.2, 0.25) is 0 Å². The molecule has 1 fully saturated rings. The maximum absolute atomic E-state index is 11.3. The molecule has 3 rings (SSSR count). The summed E-state index contributed by atoms with van der Waals surface area (Å²) in [5, 5.41) is 9.31. The molecular formula is C14H16N2O2S. The van der Waals surface area contributed by atoms with E-state index in [1.54, 1.807) is 18.5 Å². The Hall–Kier alpha value is -1.49. The van der Waals surface area contributed by atoms with E-state index in [-0.39, 0.29) is 4.75 Å². The normalized spacial score (nSPS) is 17.3. The van der Waals surface area contributed by atoms with Gasteiger partial charge < -0.3 is 9.67 Å². The van der Waals surface area contributed by atoms with Gasteiger partial charge in [-0.05, 0) is 31.2 Å². The van der Waals surface area contributed by atoms with Crippen molar-refractivity contribution in [3.05, 3.63) is 30.1 Å². The summed E-state index contributed by atoms with van der Waals surface area (Å²) < 4.78 is 2.27. The number of aromatic carboxylic acids is 1. The van der Waals surface area contributed by atoms with Crippen molar-refractivity contribution in [2.45, 2.75) is 30.6 Å². The molecule has 4 nitrogen and oxygen atoms in total. The second-order valence-corrected chi connectivity index (χ2v) is 6.37. The molecule has 1 aromatic heterocycles. The highest BCUT2D eigenvalue weighted by atomic mass is 32.2. The number of benzene rings is 1. The zero-order valence-corrected chi connectivity index (χ0v) is 11.6. The third-order valence-electron chi connectivity index (χ3n) is 4.02. The Bertz CT molecular complexity index is 626. The molecule has 1 aliphatic rings. The van der Waals surface area contributed by atoms with E-state index in [2.05, 4.69) is 11.2 Å². The van der Waals surface area contributed by atoms with Crippen LogP contribution in [-0.2, 0) is 6.54 Å². The van der Waals surface area contributed by atoms with Crippen LogP contribution in [-0.4, -0.2) is 31.6 Å². The van der Waals surface area contributed by atoms with Crippen molar-refractivity contribution in [1.29, 1.82) is 0 Å². The van der Waals surface area contributed by atoms with Crippen LogP contribution in [0.3, 0.4) is 0 Å². The first-order valence-corrected chi connectivity index (χ1v) is 7.60. The van der Waals surface area contributed by atoms with E-state index in [4.69, 9.17) is 0 Å². The number of hydrogen-bond acceptors (Lipinski definition) is 3. The van der Waals surface area contributed by atoms with Crippen molar-refractivity contribution in [3.63, 3.8) is 0 Å². The monoisotopic (exact) mass is 276 g/mol. The van der Waals surface area contributed by atoms with Crippen molar-refractivity contribution >= 4 is 28.8 Å². The van der Waals surface area contributed by atoms with Crippen molar-refractivity contribution < 1.29 is 9.90 Å². The van der Waals surface area contributed by atoms with E-state index in [1.807, 2.05) is 22.4 Å². The first-order chi connectivity index (χ1) is 9.15. The second kappa shape index (κ2) is 4.56. The zero-order valence-electron chi connectivity index (χ0n) is 10.8. The summed E-state index contributed by atoms with van der Waals surface area (Å²) >= 11 is 1.88. The minimum Gasteiger partial charge on any atom is -0.478 e. The predicted molar refractivity (Wildman–Crippen MR) is 76.8 cm³/mol. The number of fused-ring (bicyclic) bond motifs is 1. The average molecular weight is 276 g/mol. The number of thioether (sulfide) groups is 1. The molecule has 0 aliphatic heterocycles. The summed E-state index contributed by atoms with van der Waals surface area (Å²) in [6, 6.07) is 5.26. The lowest BCUT2D eigenvalue weighted by molar-refractivity contribution is 0.0698. The fraction of sp³-hybridized carbons (Fsp3) is 0.429. The number of aromatic nitrogens is 2. The number of nitrogens with zero attached hydrogens (tertiary/aromatic N) is 2. The minimum atomic E-state index is -0.890. The number of carboxylic acids is 1. The van der Waals surface area contributed by atoms with Gasteiger partial charge in [-0.3, -0.25) is 0 Å². The van der Waals surface area contributed by atoms with Crippen LogP contribution in [0.15, 0.2) is 24.5 Å². The van der Waals surface area contributed by atoms with Crippen molar-refractivity contribution in [3.8, 4) is 0 Å². The van der Waals surface area contributed by atoms with Crippen LogP contribution >= 0.6 is 11.8 Å². The van der Waals surface area contributed by atoms with Gasteiger partial charge in [0, 0.05) is 11.3 Å². The largest absolute Gasteiger partial charge is 0.478 e. The second-order valence-electron chi connectivity index (χ2n) is 5.09. The Morgan fingerprint density at radius 3 is 2.89 bits per heavy atom. The summed E-state index contributed by atoms with van der Waals surface area (Å²) in [6.45, 7) is 0.842. The van der Waals surface area contributed by atoms with Gasteiger partial charge in [-0.25, -0.2) is 9.78 Å². The molecule has 0 unspecified atom stereocenters. The number of carboxylic acid groups (broad SMARTS) is 1. The fourth-order valence-electron chi connectivity index (χ4n) is 2.73. The maximum atomic E-state index is 11.3. The first-order valence-electron chi connectivity index (χ1n) is 6.37. The van der Waals surface area contributed by atoms with E-state index in [0.717, 1.165) is 17.6 Å². The molecule has 1 N–H and O–H groups in total. The van der Waals surface area contributed by atoms with E-state index >= 15 is 0 Å². The van der Waals surface area contributed by atoms with Gasteiger partial charge in [-0.15, -0.1) is 0 Å². The molecule has 0 spiro atoms. The van der Waals surface area contributed by atoms with Gasteiger partial charge in [0.05, 0.1) is 22.9 Å². The Morgan fingerprint density at radius 1 is 1.53 bits per heavy atom. The summed E-state index contributed by atoms with van der Waals surface area (Å²) in [5.74, 6) is -0.890. The van der Waals surface area contributed by atoms with Gasteiger partial charge in [-0.1, -0.05) is 12.5 Å². The molecule has 0 atom stereocenters. The molecule has 0 radical (unpaired) electrons. The standard InChI is InChI=1S/C14H16N2O2S/c1-19-14(6-3-7-14)8-16-9-15-11-5-2-4-10(12(11)16)13(17)18/h2,4-5,9H,3,6-8H2,1H3,(H,17,18). The fourth-order valence-corrected chi connectivity index (χ4v) is 3.69. The van der Waals surface area contributed by atoms with Crippen molar-refractivity contribution in [1.82, 2.24) is 9.55 Å². The topological polar surface area (TPSA) is 55.1 Å². The highest BCUT2D eigenvalue weighted by Gasteiger charge is 2.37. The molecule has 2 aromatic rings. The molecule has 0 amide bonds. The van der Waals surface area contributed by atoms with Crippen LogP contribution in [0.4, 0.5) is 0 Å².